The van der Waals surface area contributed by atoms with Gasteiger partial charge in [-0.1, -0.05) is 60.7 Å². The molecular formula is C24H23NO4. The van der Waals surface area contributed by atoms with Crippen LogP contribution in [-0.2, 0) is 14.3 Å². The zero-order valence-corrected chi connectivity index (χ0v) is 16.5. The highest BCUT2D eigenvalue weighted by Crippen LogP contribution is 2.33. The molecule has 3 aromatic rings. The molecular weight excluding hydrogens is 366 g/mol. The maximum absolute atomic E-state index is 13.2. The summed E-state index contributed by atoms with van der Waals surface area (Å²) >= 11 is 0. The first-order valence-electron chi connectivity index (χ1n) is 9.61. The van der Waals surface area contributed by atoms with Crippen molar-refractivity contribution in [2.24, 2.45) is 5.92 Å². The van der Waals surface area contributed by atoms with Crippen molar-refractivity contribution in [2.45, 2.75) is 6.10 Å². The van der Waals surface area contributed by atoms with E-state index in [0.717, 1.165) is 21.9 Å². The number of nitrogens with zero attached hydrogens (tertiary/aromatic N) is 1. The molecule has 5 heteroatoms. The molecule has 1 amide bonds. The van der Waals surface area contributed by atoms with Crippen LogP contribution in [0.2, 0.25) is 0 Å². The van der Waals surface area contributed by atoms with E-state index in [1.165, 1.54) is 14.2 Å². The van der Waals surface area contributed by atoms with Crippen LogP contribution in [0.25, 0.3) is 21.9 Å². The summed E-state index contributed by atoms with van der Waals surface area (Å²) < 4.78 is 10.1. The Morgan fingerprint density at radius 3 is 2.31 bits per heavy atom. The first-order chi connectivity index (χ1) is 14.1. The number of rotatable bonds is 5. The van der Waals surface area contributed by atoms with Gasteiger partial charge < -0.3 is 14.4 Å². The second-order valence-corrected chi connectivity index (χ2v) is 7.22. The molecule has 1 fully saturated rings. The smallest absolute Gasteiger partial charge is 0.335 e. The standard InChI is InChI=1S/C24H23NO4/c1-28-22(24(27)29-2)17-14-25(15-17)23(26)21-12-6-5-11-20(21)19-13-7-9-16-8-3-4-10-18(16)19/h3-13,17,22H,14-15H2,1-2H3. The molecule has 4 rings (SSSR count). The number of methoxy groups -OCH3 is 2. The Hall–Kier alpha value is -3.18. The number of benzene rings is 3. The minimum atomic E-state index is -0.641. The lowest BCUT2D eigenvalue weighted by atomic mass is 9.90. The number of amides is 1. The molecule has 148 valence electrons. The first-order valence-corrected chi connectivity index (χ1v) is 9.61. The lowest BCUT2D eigenvalue weighted by Crippen LogP contribution is -2.56. The number of hydrogen-bond donors (Lipinski definition) is 0. The molecule has 1 saturated heterocycles. The van der Waals surface area contributed by atoms with Gasteiger partial charge in [-0.3, -0.25) is 4.79 Å². The highest BCUT2D eigenvalue weighted by atomic mass is 16.6. The number of hydrogen-bond acceptors (Lipinski definition) is 4. The lowest BCUT2D eigenvalue weighted by Gasteiger charge is -2.42. The third-order valence-electron chi connectivity index (χ3n) is 5.55. The summed E-state index contributed by atoms with van der Waals surface area (Å²) in [6.45, 7) is 0.937. The molecule has 1 aliphatic rings. The Morgan fingerprint density at radius 2 is 1.55 bits per heavy atom. The van der Waals surface area contributed by atoms with Crippen molar-refractivity contribution in [3.8, 4) is 11.1 Å². The minimum Gasteiger partial charge on any atom is -0.467 e. The van der Waals surface area contributed by atoms with E-state index in [2.05, 4.69) is 18.2 Å². The Balaban J connectivity index is 1.61. The SMILES string of the molecule is COC(=O)C(OC)C1CN(C(=O)c2ccccc2-c2cccc3ccccc23)C1. The minimum absolute atomic E-state index is 0.0375. The normalized spacial score (nSPS) is 15.0. The molecule has 0 spiro atoms. The molecule has 0 bridgehead atoms. The van der Waals surface area contributed by atoms with Crippen molar-refractivity contribution in [3.63, 3.8) is 0 Å². The van der Waals surface area contributed by atoms with E-state index in [0.29, 0.717) is 18.7 Å². The molecule has 1 unspecified atom stereocenters. The van der Waals surface area contributed by atoms with E-state index < -0.39 is 12.1 Å². The monoisotopic (exact) mass is 389 g/mol. The van der Waals surface area contributed by atoms with Gasteiger partial charge >= 0.3 is 5.97 Å². The third kappa shape index (κ3) is 3.49. The molecule has 0 N–H and O–H groups in total. The summed E-state index contributed by atoms with van der Waals surface area (Å²) in [7, 11) is 2.83. The van der Waals surface area contributed by atoms with Crippen molar-refractivity contribution in [1.29, 1.82) is 0 Å². The van der Waals surface area contributed by atoms with Crippen LogP contribution in [0.5, 0.6) is 0 Å². The highest BCUT2D eigenvalue weighted by Gasteiger charge is 2.41. The largest absolute Gasteiger partial charge is 0.467 e. The van der Waals surface area contributed by atoms with E-state index in [4.69, 9.17) is 9.47 Å². The Labute approximate surface area is 169 Å². The van der Waals surface area contributed by atoms with Gasteiger partial charge in [0.15, 0.2) is 6.10 Å². The zero-order valence-electron chi connectivity index (χ0n) is 16.5. The van der Waals surface area contributed by atoms with Crippen LogP contribution in [0.1, 0.15) is 10.4 Å². The highest BCUT2D eigenvalue weighted by molar-refractivity contribution is 6.06. The number of carbonyl (C=O) groups is 2. The third-order valence-corrected chi connectivity index (χ3v) is 5.55. The van der Waals surface area contributed by atoms with Gasteiger partial charge in [-0.25, -0.2) is 4.79 Å². The summed E-state index contributed by atoms with van der Waals surface area (Å²) in [4.78, 5) is 26.8. The zero-order chi connectivity index (χ0) is 20.4. The van der Waals surface area contributed by atoms with Gasteiger partial charge in [-0.05, 0) is 28.0 Å². The Morgan fingerprint density at radius 1 is 0.897 bits per heavy atom. The number of likely N-dealkylation sites (tertiary alicyclic amines) is 1. The van der Waals surface area contributed by atoms with E-state index in [1.807, 2.05) is 48.5 Å². The van der Waals surface area contributed by atoms with Crippen LogP contribution in [0, 0.1) is 5.92 Å². The van der Waals surface area contributed by atoms with Crippen molar-refractivity contribution >= 4 is 22.6 Å². The molecule has 0 aliphatic carbocycles. The molecule has 3 aromatic carbocycles. The van der Waals surface area contributed by atoms with E-state index >= 15 is 0 Å². The number of fused-ring (bicyclic) bond motifs is 1. The molecule has 5 nitrogen and oxygen atoms in total. The Kier molecular flexibility index (Phi) is 5.32. The number of esters is 1. The predicted octanol–water partition coefficient (Wildman–Crippen LogP) is 3.77. The van der Waals surface area contributed by atoms with Gasteiger partial charge in [0.05, 0.1) is 7.11 Å². The molecule has 1 aliphatic heterocycles. The van der Waals surface area contributed by atoms with Gasteiger partial charge in [-0.2, -0.15) is 0 Å². The second kappa shape index (κ2) is 8.05. The fourth-order valence-electron chi connectivity index (χ4n) is 4.00. The van der Waals surface area contributed by atoms with Crippen LogP contribution in [0.15, 0.2) is 66.7 Å². The summed E-state index contributed by atoms with van der Waals surface area (Å²) in [6, 6.07) is 22.0. The summed E-state index contributed by atoms with van der Waals surface area (Å²) in [5, 5.41) is 2.25. The molecule has 0 aromatic heterocycles. The fraction of sp³-hybridized carbons (Fsp3) is 0.250. The lowest BCUT2D eigenvalue weighted by molar-refractivity contribution is -0.159. The first kappa shape index (κ1) is 19.2. The van der Waals surface area contributed by atoms with E-state index in [1.54, 1.807) is 4.90 Å². The molecule has 29 heavy (non-hydrogen) atoms. The summed E-state index contributed by atoms with van der Waals surface area (Å²) in [5.74, 6) is -0.494. The van der Waals surface area contributed by atoms with E-state index in [9.17, 15) is 9.59 Å². The molecule has 0 radical (unpaired) electrons. The summed E-state index contributed by atoms with van der Waals surface area (Å²) in [5.41, 5.74) is 2.61. The maximum Gasteiger partial charge on any atom is 0.335 e. The molecule has 1 heterocycles. The summed E-state index contributed by atoms with van der Waals surface area (Å²) in [6.07, 6.45) is -0.641. The quantitative estimate of drug-likeness (QED) is 0.624. The molecule has 0 saturated carbocycles. The van der Waals surface area contributed by atoms with Crippen LogP contribution in [-0.4, -0.2) is 50.2 Å². The van der Waals surface area contributed by atoms with Crippen molar-refractivity contribution in [3.05, 3.63) is 72.3 Å². The van der Waals surface area contributed by atoms with Crippen molar-refractivity contribution in [1.82, 2.24) is 4.90 Å². The van der Waals surface area contributed by atoms with Gasteiger partial charge in [0.25, 0.3) is 5.91 Å². The van der Waals surface area contributed by atoms with Crippen LogP contribution >= 0.6 is 0 Å². The van der Waals surface area contributed by atoms with E-state index in [-0.39, 0.29) is 11.8 Å². The fourth-order valence-corrected chi connectivity index (χ4v) is 4.00. The van der Waals surface area contributed by atoms with Gasteiger partial charge in [0, 0.05) is 31.7 Å². The van der Waals surface area contributed by atoms with Gasteiger partial charge in [0.2, 0.25) is 0 Å². The van der Waals surface area contributed by atoms with Crippen molar-refractivity contribution < 1.29 is 19.1 Å². The van der Waals surface area contributed by atoms with Crippen LogP contribution < -0.4 is 0 Å². The average Bonchev–Trinajstić information content (AvgIpc) is 2.74. The second-order valence-electron chi connectivity index (χ2n) is 7.22. The van der Waals surface area contributed by atoms with Gasteiger partial charge in [0.1, 0.15) is 0 Å². The molecule has 1 atom stereocenters. The van der Waals surface area contributed by atoms with Crippen molar-refractivity contribution in [2.75, 3.05) is 27.3 Å². The average molecular weight is 389 g/mol. The van der Waals surface area contributed by atoms with Gasteiger partial charge in [-0.15, -0.1) is 0 Å². The topological polar surface area (TPSA) is 55.8 Å². The number of carbonyl (C=O) groups excluding carboxylic acids is 2. The Bertz CT molecular complexity index is 1050. The maximum atomic E-state index is 13.2. The van der Waals surface area contributed by atoms with Crippen LogP contribution in [0.3, 0.4) is 0 Å². The predicted molar refractivity (Wildman–Crippen MR) is 112 cm³/mol. The van der Waals surface area contributed by atoms with Crippen LogP contribution in [0.4, 0.5) is 0 Å². The number of ether oxygens (including phenoxy) is 2.